The summed E-state index contributed by atoms with van der Waals surface area (Å²) in [5.41, 5.74) is 1.29. The summed E-state index contributed by atoms with van der Waals surface area (Å²) in [5, 5.41) is 15.6. The minimum Gasteiger partial charge on any atom is -0.421 e. The Morgan fingerprint density at radius 1 is 0.778 bits per heavy atom. The first kappa shape index (κ1) is 12.5. The Morgan fingerprint density at radius 3 is 1.83 bits per heavy atom. The summed E-state index contributed by atoms with van der Waals surface area (Å²) in [7, 11) is 0. The minimum absolute atomic E-state index is 0.0245. The maximum absolute atomic E-state index is 7.80. The van der Waals surface area contributed by atoms with Crippen molar-refractivity contribution in [1.82, 2.24) is 0 Å². The van der Waals surface area contributed by atoms with Crippen molar-refractivity contribution in [2.24, 2.45) is 0 Å². The number of hydrogen-bond donors (Lipinski definition) is 2. The maximum atomic E-state index is 7.80. The molecule has 0 bridgehead atoms. The van der Waals surface area contributed by atoms with Crippen molar-refractivity contribution in [2.45, 2.75) is 0 Å². The average molecular weight is 303 g/mol. The molecule has 0 unspecified atom stereocenters. The fourth-order valence-corrected chi connectivity index (χ4v) is 1.68. The molecule has 0 aliphatic heterocycles. The Morgan fingerprint density at radius 2 is 1.28 bits per heavy atom. The van der Waals surface area contributed by atoms with Crippen molar-refractivity contribution in [3.63, 3.8) is 0 Å². The molecular weight excluding hydrogens is 292 g/mol. The van der Waals surface area contributed by atoms with Crippen LogP contribution in [-0.2, 0) is 4.74 Å². The van der Waals surface area contributed by atoms with Gasteiger partial charge in [0.15, 0.2) is 0 Å². The predicted molar refractivity (Wildman–Crippen MR) is 75.3 cm³/mol. The Labute approximate surface area is 114 Å². The van der Waals surface area contributed by atoms with E-state index < -0.39 is 0 Å². The SMILES string of the molecule is N=C(OC(=N)c1ccc(Br)cc1)c1ccccc1. The van der Waals surface area contributed by atoms with E-state index in [4.69, 9.17) is 15.6 Å². The van der Waals surface area contributed by atoms with Crippen LogP contribution in [0, 0.1) is 10.8 Å². The molecule has 0 aromatic heterocycles. The largest absolute Gasteiger partial charge is 0.421 e. The van der Waals surface area contributed by atoms with E-state index in [-0.39, 0.29) is 11.8 Å². The number of ether oxygens (including phenoxy) is 1. The van der Waals surface area contributed by atoms with Gasteiger partial charge in [0.25, 0.3) is 0 Å². The van der Waals surface area contributed by atoms with E-state index in [9.17, 15) is 0 Å². The smallest absolute Gasteiger partial charge is 0.221 e. The number of halogens is 1. The summed E-state index contributed by atoms with van der Waals surface area (Å²) in [6.45, 7) is 0. The van der Waals surface area contributed by atoms with Gasteiger partial charge in [0.1, 0.15) is 0 Å². The van der Waals surface area contributed by atoms with Crippen LogP contribution in [0.3, 0.4) is 0 Å². The third-order valence-electron chi connectivity index (χ3n) is 2.35. The quantitative estimate of drug-likeness (QED) is 0.643. The Bertz CT molecular complexity index is 564. The molecule has 0 fully saturated rings. The van der Waals surface area contributed by atoms with Gasteiger partial charge in [0, 0.05) is 15.6 Å². The van der Waals surface area contributed by atoms with Crippen LogP contribution in [0.5, 0.6) is 0 Å². The lowest BCUT2D eigenvalue weighted by Gasteiger charge is -2.08. The van der Waals surface area contributed by atoms with E-state index in [0.717, 1.165) is 4.47 Å². The van der Waals surface area contributed by atoms with Crippen LogP contribution in [0.1, 0.15) is 11.1 Å². The Hall–Kier alpha value is -1.94. The van der Waals surface area contributed by atoms with Crippen molar-refractivity contribution in [1.29, 1.82) is 10.8 Å². The zero-order chi connectivity index (χ0) is 13.0. The number of hydrogen-bond acceptors (Lipinski definition) is 3. The van der Waals surface area contributed by atoms with Gasteiger partial charge in [0.05, 0.1) is 0 Å². The predicted octanol–water partition coefficient (Wildman–Crippen LogP) is 3.82. The summed E-state index contributed by atoms with van der Waals surface area (Å²) >= 11 is 3.33. The lowest BCUT2D eigenvalue weighted by molar-refractivity contribution is 0.538. The van der Waals surface area contributed by atoms with Crippen molar-refractivity contribution < 1.29 is 4.74 Å². The molecule has 0 aliphatic rings. The molecular formula is C14H11BrN2O. The fourth-order valence-electron chi connectivity index (χ4n) is 1.41. The van der Waals surface area contributed by atoms with Crippen LogP contribution >= 0.6 is 15.9 Å². The second kappa shape index (κ2) is 5.60. The van der Waals surface area contributed by atoms with Gasteiger partial charge in [-0.25, -0.2) is 0 Å². The molecule has 18 heavy (non-hydrogen) atoms. The second-order valence-corrected chi connectivity index (χ2v) is 4.55. The molecule has 0 saturated carbocycles. The van der Waals surface area contributed by atoms with Crippen LogP contribution in [-0.4, -0.2) is 11.8 Å². The Kier molecular flexibility index (Phi) is 3.89. The maximum Gasteiger partial charge on any atom is 0.221 e. The molecule has 90 valence electrons. The molecule has 0 spiro atoms. The van der Waals surface area contributed by atoms with Gasteiger partial charge in [0.2, 0.25) is 11.8 Å². The van der Waals surface area contributed by atoms with Crippen LogP contribution in [0.25, 0.3) is 0 Å². The van der Waals surface area contributed by atoms with Crippen molar-refractivity contribution >= 4 is 27.7 Å². The second-order valence-electron chi connectivity index (χ2n) is 3.63. The summed E-state index contributed by atoms with van der Waals surface area (Å²) in [5.74, 6) is -0.0557. The first-order valence-electron chi connectivity index (χ1n) is 5.33. The molecule has 2 N–H and O–H groups in total. The minimum atomic E-state index is -0.0312. The molecule has 2 aromatic rings. The van der Waals surface area contributed by atoms with E-state index in [1.807, 2.05) is 30.3 Å². The molecule has 0 saturated heterocycles. The summed E-state index contributed by atoms with van der Waals surface area (Å²) in [6.07, 6.45) is 0. The highest BCUT2D eigenvalue weighted by Gasteiger charge is 2.08. The zero-order valence-corrected chi connectivity index (χ0v) is 11.1. The molecule has 0 atom stereocenters. The standard InChI is InChI=1S/C14H11BrN2O/c15-12-8-6-11(7-9-12)14(17)18-13(16)10-4-2-1-3-5-10/h1-9,16-17H. The van der Waals surface area contributed by atoms with E-state index in [0.29, 0.717) is 11.1 Å². The number of rotatable bonds is 2. The lowest BCUT2D eigenvalue weighted by Crippen LogP contribution is -2.12. The Balaban J connectivity index is 2.08. The normalized spacial score (nSPS) is 9.83. The lowest BCUT2D eigenvalue weighted by atomic mass is 10.2. The van der Waals surface area contributed by atoms with Gasteiger partial charge in [-0.15, -0.1) is 0 Å². The molecule has 4 heteroatoms. The van der Waals surface area contributed by atoms with E-state index in [1.54, 1.807) is 24.3 Å². The highest BCUT2D eigenvalue weighted by atomic mass is 79.9. The van der Waals surface area contributed by atoms with Gasteiger partial charge in [-0.05, 0) is 36.4 Å². The average Bonchev–Trinajstić information content (AvgIpc) is 2.40. The molecule has 0 aliphatic carbocycles. The topological polar surface area (TPSA) is 56.9 Å². The molecule has 0 amide bonds. The van der Waals surface area contributed by atoms with Gasteiger partial charge in [-0.1, -0.05) is 34.1 Å². The summed E-state index contributed by atoms with van der Waals surface area (Å²) in [6, 6.07) is 16.3. The number of benzene rings is 2. The summed E-state index contributed by atoms with van der Waals surface area (Å²) in [4.78, 5) is 0. The first-order valence-corrected chi connectivity index (χ1v) is 6.12. The zero-order valence-electron chi connectivity index (χ0n) is 9.48. The van der Waals surface area contributed by atoms with E-state index >= 15 is 0 Å². The molecule has 3 nitrogen and oxygen atoms in total. The summed E-state index contributed by atoms with van der Waals surface area (Å²) < 4.78 is 6.16. The monoisotopic (exact) mass is 302 g/mol. The number of nitrogens with one attached hydrogen (secondary N) is 2. The van der Waals surface area contributed by atoms with Crippen LogP contribution in [0.4, 0.5) is 0 Å². The first-order chi connectivity index (χ1) is 8.66. The molecule has 2 aromatic carbocycles. The van der Waals surface area contributed by atoms with E-state index in [1.165, 1.54) is 0 Å². The highest BCUT2D eigenvalue weighted by molar-refractivity contribution is 9.10. The molecule has 0 radical (unpaired) electrons. The van der Waals surface area contributed by atoms with Crippen molar-refractivity contribution in [3.8, 4) is 0 Å². The van der Waals surface area contributed by atoms with Crippen LogP contribution in [0.15, 0.2) is 59.1 Å². The van der Waals surface area contributed by atoms with Crippen molar-refractivity contribution in [3.05, 3.63) is 70.2 Å². The van der Waals surface area contributed by atoms with Crippen LogP contribution in [0.2, 0.25) is 0 Å². The molecule has 2 rings (SSSR count). The van der Waals surface area contributed by atoms with Gasteiger partial charge < -0.3 is 4.74 Å². The van der Waals surface area contributed by atoms with Crippen molar-refractivity contribution in [2.75, 3.05) is 0 Å². The van der Waals surface area contributed by atoms with Gasteiger partial charge in [-0.3, -0.25) is 10.8 Å². The van der Waals surface area contributed by atoms with Gasteiger partial charge >= 0.3 is 0 Å². The van der Waals surface area contributed by atoms with Gasteiger partial charge in [-0.2, -0.15) is 0 Å². The highest BCUT2D eigenvalue weighted by Crippen LogP contribution is 2.12. The molecule has 0 heterocycles. The fraction of sp³-hybridized carbons (Fsp3) is 0. The third-order valence-corrected chi connectivity index (χ3v) is 2.88. The third kappa shape index (κ3) is 3.05. The van der Waals surface area contributed by atoms with E-state index in [2.05, 4.69) is 15.9 Å². The van der Waals surface area contributed by atoms with Crippen LogP contribution < -0.4 is 0 Å².